The van der Waals surface area contributed by atoms with Crippen LogP contribution in [-0.2, 0) is 16.8 Å². The molecule has 0 spiro atoms. The molecule has 1 aliphatic heterocycles. The van der Waals surface area contributed by atoms with E-state index in [-0.39, 0.29) is 11.3 Å². The number of carbonyl (C=O) groups is 1. The second-order valence-electron chi connectivity index (χ2n) is 9.61. The Balaban J connectivity index is 1.49. The van der Waals surface area contributed by atoms with Gasteiger partial charge in [-0.2, -0.15) is 9.61 Å². The summed E-state index contributed by atoms with van der Waals surface area (Å²) in [5.41, 5.74) is 11.2. The Morgan fingerprint density at radius 3 is 2.65 bits per heavy atom. The summed E-state index contributed by atoms with van der Waals surface area (Å²) in [5, 5.41) is 7.47. The van der Waals surface area contributed by atoms with Crippen LogP contribution in [0.4, 0.5) is 11.5 Å². The molecule has 31 heavy (non-hydrogen) atoms. The highest BCUT2D eigenvalue weighted by atomic mass is 16.1. The first-order valence-corrected chi connectivity index (χ1v) is 10.9. The van der Waals surface area contributed by atoms with Crippen LogP contribution < -0.4 is 11.1 Å². The molecule has 0 unspecified atom stereocenters. The number of amides is 1. The summed E-state index contributed by atoms with van der Waals surface area (Å²) >= 11 is 0. The van der Waals surface area contributed by atoms with E-state index in [4.69, 9.17) is 10.7 Å². The first-order chi connectivity index (χ1) is 14.7. The number of nitrogens with zero attached hydrogens (tertiary/aromatic N) is 4. The zero-order valence-electron chi connectivity index (χ0n) is 18.9. The van der Waals surface area contributed by atoms with Crippen LogP contribution in [-0.4, -0.2) is 38.5 Å². The van der Waals surface area contributed by atoms with Gasteiger partial charge in [0, 0.05) is 49.2 Å². The van der Waals surface area contributed by atoms with Crippen LogP contribution in [0.25, 0.3) is 5.65 Å². The van der Waals surface area contributed by atoms with E-state index < -0.39 is 0 Å². The maximum atomic E-state index is 11.2. The number of nitrogens with one attached hydrogen (secondary N) is 1. The minimum absolute atomic E-state index is 0.0442. The Bertz CT molecular complexity index is 1080. The van der Waals surface area contributed by atoms with Crippen LogP contribution in [0.2, 0.25) is 0 Å². The van der Waals surface area contributed by atoms with Crippen molar-refractivity contribution in [2.45, 2.75) is 58.4 Å². The molecule has 1 amide bonds. The van der Waals surface area contributed by atoms with Crippen molar-refractivity contribution in [3.05, 3.63) is 53.3 Å². The van der Waals surface area contributed by atoms with Crippen molar-refractivity contribution in [2.75, 3.05) is 24.1 Å². The minimum atomic E-state index is -0.0526. The number of nitrogens with two attached hydrogens (primary N) is 1. The lowest BCUT2D eigenvalue weighted by Crippen LogP contribution is -2.34. The molecule has 0 saturated carbocycles. The zero-order valence-corrected chi connectivity index (χ0v) is 18.9. The summed E-state index contributed by atoms with van der Waals surface area (Å²) in [4.78, 5) is 18.6. The normalized spacial score (nSPS) is 17.7. The van der Waals surface area contributed by atoms with E-state index in [0.717, 1.165) is 55.2 Å². The Morgan fingerprint density at radius 2 is 1.97 bits per heavy atom. The van der Waals surface area contributed by atoms with Crippen LogP contribution in [0.3, 0.4) is 0 Å². The van der Waals surface area contributed by atoms with E-state index in [1.165, 1.54) is 12.5 Å². The largest absolute Gasteiger partial charge is 0.384 e. The summed E-state index contributed by atoms with van der Waals surface area (Å²) in [5.74, 6) is 0.942. The van der Waals surface area contributed by atoms with Crippen molar-refractivity contribution in [3.63, 3.8) is 0 Å². The minimum Gasteiger partial charge on any atom is -0.384 e. The molecule has 1 aliphatic rings. The number of aromatic nitrogens is 3. The number of carbonyl (C=O) groups excluding carboxylic acids is 1. The predicted molar refractivity (Wildman–Crippen MR) is 124 cm³/mol. The van der Waals surface area contributed by atoms with E-state index >= 15 is 0 Å². The summed E-state index contributed by atoms with van der Waals surface area (Å²) in [6.07, 6.45) is 2.24. The fourth-order valence-electron chi connectivity index (χ4n) is 4.19. The molecule has 7 heteroatoms. The Hall–Kier alpha value is -2.93. The van der Waals surface area contributed by atoms with E-state index in [2.05, 4.69) is 54.3 Å². The van der Waals surface area contributed by atoms with Gasteiger partial charge in [-0.05, 0) is 37.1 Å². The van der Waals surface area contributed by atoms with Gasteiger partial charge >= 0.3 is 0 Å². The smallest absolute Gasteiger partial charge is 0.221 e. The number of anilines is 2. The monoisotopic (exact) mass is 420 g/mol. The third kappa shape index (κ3) is 4.88. The fraction of sp³-hybridized carbons (Fsp3) is 0.458. The van der Waals surface area contributed by atoms with Gasteiger partial charge in [0.15, 0.2) is 5.65 Å². The standard InChI is InChI=1S/C24H32N6O/c1-16(31)26-19-9-7-17(8-10-19)14-29-11-5-6-18(15-29)20-12-22(25)30-23(27-20)13-21(28-30)24(2,3)4/h7-10,12-13,18H,5-6,11,14-15,25H2,1-4H3,(H,26,31)/t18-/m1/s1. The lowest BCUT2D eigenvalue weighted by molar-refractivity contribution is -0.114. The number of nitrogen functional groups attached to an aromatic ring is 1. The molecular weight excluding hydrogens is 388 g/mol. The Kier molecular flexibility index (Phi) is 5.71. The van der Waals surface area contributed by atoms with E-state index in [1.807, 2.05) is 18.2 Å². The van der Waals surface area contributed by atoms with E-state index in [0.29, 0.717) is 11.7 Å². The lowest BCUT2D eigenvalue weighted by Gasteiger charge is -2.32. The third-order valence-corrected chi connectivity index (χ3v) is 5.85. The van der Waals surface area contributed by atoms with Crippen molar-refractivity contribution in [2.24, 2.45) is 0 Å². The molecular formula is C24H32N6O. The molecule has 1 saturated heterocycles. The molecule has 1 aromatic carbocycles. The van der Waals surface area contributed by atoms with Crippen LogP contribution >= 0.6 is 0 Å². The second kappa shape index (κ2) is 8.30. The SMILES string of the molecule is CC(=O)Nc1ccc(CN2CCC[C@@H](c3cc(N)n4nc(C(C)(C)C)cc4n3)C2)cc1. The molecule has 2 aromatic heterocycles. The molecule has 4 rings (SSSR count). The maximum Gasteiger partial charge on any atom is 0.221 e. The summed E-state index contributed by atoms with van der Waals surface area (Å²) in [7, 11) is 0. The molecule has 164 valence electrons. The van der Waals surface area contributed by atoms with Crippen molar-refractivity contribution in [1.82, 2.24) is 19.5 Å². The third-order valence-electron chi connectivity index (χ3n) is 5.85. The molecule has 7 nitrogen and oxygen atoms in total. The summed E-state index contributed by atoms with van der Waals surface area (Å²) in [6, 6.07) is 12.1. The maximum absolute atomic E-state index is 11.2. The van der Waals surface area contributed by atoms with Gasteiger partial charge in [-0.25, -0.2) is 4.98 Å². The Morgan fingerprint density at radius 1 is 1.23 bits per heavy atom. The highest BCUT2D eigenvalue weighted by molar-refractivity contribution is 5.88. The van der Waals surface area contributed by atoms with Crippen molar-refractivity contribution < 1.29 is 4.79 Å². The van der Waals surface area contributed by atoms with Crippen LogP contribution in [0.15, 0.2) is 36.4 Å². The van der Waals surface area contributed by atoms with Gasteiger partial charge in [-0.1, -0.05) is 32.9 Å². The molecule has 1 atom stereocenters. The van der Waals surface area contributed by atoms with Gasteiger partial charge < -0.3 is 11.1 Å². The van der Waals surface area contributed by atoms with Gasteiger partial charge in [0.1, 0.15) is 5.82 Å². The molecule has 3 heterocycles. The number of fused-ring (bicyclic) bond motifs is 1. The number of benzene rings is 1. The van der Waals surface area contributed by atoms with Crippen LogP contribution in [0, 0.1) is 0 Å². The molecule has 3 aromatic rings. The predicted octanol–water partition coefficient (Wildman–Crippen LogP) is 3.95. The number of hydrogen-bond donors (Lipinski definition) is 2. The summed E-state index contributed by atoms with van der Waals surface area (Å²) < 4.78 is 1.75. The molecule has 1 fully saturated rings. The lowest BCUT2D eigenvalue weighted by atomic mass is 9.92. The zero-order chi connectivity index (χ0) is 22.2. The summed E-state index contributed by atoms with van der Waals surface area (Å²) in [6.45, 7) is 10.9. The van der Waals surface area contributed by atoms with Crippen LogP contribution in [0.5, 0.6) is 0 Å². The van der Waals surface area contributed by atoms with Gasteiger partial charge in [-0.15, -0.1) is 0 Å². The van der Waals surface area contributed by atoms with Gasteiger partial charge in [0.25, 0.3) is 0 Å². The average Bonchev–Trinajstić information content (AvgIpc) is 3.15. The van der Waals surface area contributed by atoms with Crippen molar-refractivity contribution in [1.29, 1.82) is 0 Å². The molecule has 0 radical (unpaired) electrons. The number of hydrogen-bond acceptors (Lipinski definition) is 5. The average molecular weight is 421 g/mol. The molecule has 0 aliphatic carbocycles. The fourth-order valence-corrected chi connectivity index (χ4v) is 4.19. The topological polar surface area (TPSA) is 88.5 Å². The van der Waals surface area contributed by atoms with Crippen LogP contribution in [0.1, 0.15) is 63.4 Å². The van der Waals surface area contributed by atoms with Gasteiger partial charge in [-0.3, -0.25) is 9.69 Å². The van der Waals surface area contributed by atoms with Crippen molar-refractivity contribution in [3.8, 4) is 0 Å². The Labute approximate surface area is 183 Å². The first-order valence-electron chi connectivity index (χ1n) is 10.9. The highest BCUT2D eigenvalue weighted by Gasteiger charge is 2.25. The number of likely N-dealkylation sites (tertiary alicyclic amines) is 1. The van der Waals surface area contributed by atoms with E-state index in [1.54, 1.807) is 4.52 Å². The quantitative estimate of drug-likeness (QED) is 0.667. The van der Waals surface area contributed by atoms with Gasteiger partial charge in [0.2, 0.25) is 5.91 Å². The number of rotatable bonds is 4. The highest BCUT2D eigenvalue weighted by Crippen LogP contribution is 2.29. The molecule has 0 bridgehead atoms. The second-order valence-corrected chi connectivity index (χ2v) is 9.61. The van der Waals surface area contributed by atoms with E-state index in [9.17, 15) is 4.79 Å². The molecule has 3 N–H and O–H groups in total. The van der Waals surface area contributed by atoms with Crippen molar-refractivity contribution >= 4 is 23.1 Å². The van der Waals surface area contributed by atoms with Gasteiger partial charge in [0.05, 0.1) is 11.4 Å². The number of piperidine rings is 1. The first kappa shape index (κ1) is 21.3.